The molecule has 1 aliphatic rings. The summed E-state index contributed by atoms with van der Waals surface area (Å²) in [5, 5.41) is 3.36. The molecule has 27 heavy (non-hydrogen) atoms. The first-order valence-electron chi connectivity index (χ1n) is 9.96. The normalized spacial score (nSPS) is 14.1. The summed E-state index contributed by atoms with van der Waals surface area (Å²) in [4.78, 5) is 6.90. The van der Waals surface area contributed by atoms with Gasteiger partial charge in [0, 0.05) is 33.3 Å². The Bertz CT molecular complexity index is 588. The molecule has 152 valence electrons. The number of hydrogen-bond acceptors (Lipinski definition) is 4. The maximum atomic E-state index is 5.73. The van der Waals surface area contributed by atoms with E-state index in [9.17, 15) is 0 Å². The minimum absolute atomic E-state index is 0.753. The van der Waals surface area contributed by atoms with E-state index in [-0.39, 0.29) is 0 Å². The maximum absolute atomic E-state index is 5.73. The molecule has 0 amide bonds. The number of aliphatic imine (C=N–C) groups is 1. The predicted octanol–water partition coefficient (Wildman–Crippen LogP) is 2.96. The third-order valence-electron chi connectivity index (χ3n) is 4.65. The highest BCUT2D eigenvalue weighted by atomic mass is 16.5. The van der Waals surface area contributed by atoms with Crippen LogP contribution in [0, 0.1) is 5.92 Å². The molecule has 1 aromatic rings. The first kappa shape index (κ1) is 21.4. The minimum atomic E-state index is 0.753. The van der Waals surface area contributed by atoms with Gasteiger partial charge in [-0.25, -0.2) is 0 Å². The molecule has 0 heterocycles. The lowest BCUT2D eigenvalue weighted by Gasteiger charge is -2.22. The van der Waals surface area contributed by atoms with Gasteiger partial charge in [-0.3, -0.25) is 4.99 Å². The number of nitrogens with one attached hydrogen (secondary N) is 1. The predicted molar refractivity (Wildman–Crippen MR) is 110 cm³/mol. The summed E-state index contributed by atoms with van der Waals surface area (Å²) in [6, 6.07) is 6.08. The smallest absolute Gasteiger partial charge is 0.193 e. The Kier molecular flexibility index (Phi) is 9.25. The topological polar surface area (TPSA) is 55.3 Å². The molecule has 6 heteroatoms. The number of nitrogens with zero attached hydrogens (tertiary/aromatic N) is 2. The average molecular weight is 378 g/mol. The molecule has 0 bridgehead atoms. The van der Waals surface area contributed by atoms with Gasteiger partial charge in [0.15, 0.2) is 17.5 Å². The largest absolute Gasteiger partial charge is 0.493 e. The molecular formula is C21H35N3O3. The van der Waals surface area contributed by atoms with E-state index in [1.807, 2.05) is 12.1 Å². The molecule has 1 N–H and O–H groups in total. The number of methoxy groups -OCH3 is 2. The molecule has 0 radical (unpaired) electrons. The van der Waals surface area contributed by atoms with E-state index in [1.165, 1.54) is 18.4 Å². The molecule has 1 aliphatic carbocycles. The number of guanidine groups is 1. The van der Waals surface area contributed by atoms with Gasteiger partial charge in [-0.2, -0.15) is 0 Å². The SMILES string of the molecule is CCNC(=NCCCc1ccc(OC)c(OC)c1)N(C)CCOCC1CC1. The molecule has 0 unspecified atom stereocenters. The van der Waals surface area contributed by atoms with Crippen molar-refractivity contribution in [2.75, 3.05) is 54.1 Å². The highest BCUT2D eigenvalue weighted by Crippen LogP contribution is 2.29. The molecule has 0 spiro atoms. The second kappa shape index (κ2) is 11.7. The Labute approximate surface area is 163 Å². The summed E-state index contributed by atoms with van der Waals surface area (Å²) < 4.78 is 16.4. The van der Waals surface area contributed by atoms with Crippen LogP contribution in [0.1, 0.15) is 31.7 Å². The van der Waals surface area contributed by atoms with Crippen LogP contribution in [-0.4, -0.2) is 65.0 Å². The van der Waals surface area contributed by atoms with Crippen molar-refractivity contribution in [2.24, 2.45) is 10.9 Å². The van der Waals surface area contributed by atoms with Gasteiger partial charge in [-0.15, -0.1) is 0 Å². The molecule has 1 saturated carbocycles. The number of aryl methyl sites for hydroxylation is 1. The van der Waals surface area contributed by atoms with Crippen LogP contribution < -0.4 is 14.8 Å². The molecular weight excluding hydrogens is 342 g/mol. The summed E-state index contributed by atoms with van der Waals surface area (Å²) >= 11 is 0. The number of hydrogen-bond donors (Lipinski definition) is 1. The zero-order valence-corrected chi connectivity index (χ0v) is 17.3. The van der Waals surface area contributed by atoms with Crippen LogP contribution in [0.5, 0.6) is 11.5 Å². The average Bonchev–Trinajstić information content (AvgIpc) is 3.51. The van der Waals surface area contributed by atoms with Crippen LogP contribution >= 0.6 is 0 Å². The molecule has 1 aromatic carbocycles. The van der Waals surface area contributed by atoms with Crippen molar-refractivity contribution in [3.05, 3.63) is 23.8 Å². The number of likely N-dealkylation sites (N-methyl/N-ethyl adjacent to an activating group) is 1. The highest BCUT2D eigenvalue weighted by molar-refractivity contribution is 5.79. The summed E-state index contributed by atoms with van der Waals surface area (Å²) in [5.74, 6) is 3.30. The van der Waals surface area contributed by atoms with E-state index < -0.39 is 0 Å². The number of benzene rings is 1. The van der Waals surface area contributed by atoms with Crippen LogP contribution in [0.4, 0.5) is 0 Å². The fourth-order valence-corrected chi connectivity index (χ4v) is 2.82. The minimum Gasteiger partial charge on any atom is -0.493 e. The van der Waals surface area contributed by atoms with E-state index in [0.717, 1.165) is 69.1 Å². The Balaban J connectivity index is 1.76. The van der Waals surface area contributed by atoms with Crippen LogP contribution in [0.2, 0.25) is 0 Å². The highest BCUT2D eigenvalue weighted by Gasteiger charge is 2.21. The summed E-state index contributed by atoms with van der Waals surface area (Å²) in [6.07, 6.45) is 4.61. The van der Waals surface area contributed by atoms with Crippen molar-refractivity contribution in [1.29, 1.82) is 0 Å². The zero-order valence-electron chi connectivity index (χ0n) is 17.3. The summed E-state index contributed by atoms with van der Waals surface area (Å²) in [5.41, 5.74) is 1.23. The van der Waals surface area contributed by atoms with Gasteiger partial charge in [0.1, 0.15) is 0 Å². The Hall–Kier alpha value is -1.95. The molecule has 2 rings (SSSR count). The van der Waals surface area contributed by atoms with Crippen molar-refractivity contribution < 1.29 is 14.2 Å². The van der Waals surface area contributed by atoms with Crippen LogP contribution in [-0.2, 0) is 11.2 Å². The third kappa shape index (κ3) is 7.67. The van der Waals surface area contributed by atoms with E-state index in [0.29, 0.717) is 0 Å². The fourth-order valence-electron chi connectivity index (χ4n) is 2.82. The van der Waals surface area contributed by atoms with E-state index in [2.05, 4.69) is 30.3 Å². The summed E-state index contributed by atoms with van der Waals surface area (Å²) in [6.45, 7) is 6.26. The third-order valence-corrected chi connectivity index (χ3v) is 4.65. The summed E-state index contributed by atoms with van der Waals surface area (Å²) in [7, 11) is 5.39. The Morgan fingerprint density at radius 1 is 1.22 bits per heavy atom. The second-order valence-electron chi connectivity index (χ2n) is 6.97. The van der Waals surface area contributed by atoms with Crippen molar-refractivity contribution in [1.82, 2.24) is 10.2 Å². The molecule has 0 atom stereocenters. The fraction of sp³-hybridized carbons (Fsp3) is 0.667. The van der Waals surface area contributed by atoms with Gasteiger partial charge in [0.2, 0.25) is 0 Å². The first-order chi connectivity index (χ1) is 13.2. The van der Waals surface area contributed by atoms with Crippen LogP contribution in [0.3, 0.4) is 0 Å². The molecule has 6 nitrogen and oxygen atoms in total. The molecule has 0 aromatic heterocycles. The lowest BCUT2D eigenvalue weighted by molar-refractivity contribution is 0.115. The van der Waals surface area contributed by atoms with Crippen LogP contribution in [0.25, 0.3) is 0 Å². The van der Waals surface area contributed by atoms with E-state index >= 15 is 0 Å². The monoisotopic (exact) mass is 377 g/mol. The van der Waals surface area contributed by atoms with Crippen molar-refractivity contribution in [3.63, 3.8) is 0 Å². The number of ether oxygens (including phenoxy) is 3. The Morgan fingerprint density at radius 2 is 2.00 bits per heavy atom. The van der Waals surface area contributed by atoms with Gasteiger partial charge in [-0.1, -0.05) is 6.07 Å². The van der Waals surface area contributed by atoms with Gasteiger partial charge in [0.05, 0.1) is 20.8 Å². The maximum Gasteiger partial charge on any atom is 0.193 e. The zero-order chi connectivity index (χ0) is 19.5. The first-order valence-corrected chi connectivity index (χ1v) is 9.96. The van der Waals surface area contributed by atoms with Gasteiger partial charge in [-0.05, 0) is 56.2 Å². The van der Waals surface area contributed by atoms with E-state index in [1.54, 1.807) is 14.2 Å². The second-order valence-corrected chi connectivity index (χ2v) is 6.97. The van der Waals surface area contributed by atoms with E-state index in [4.69, 9.17) is 19.2 Å². The molecule has 0 aliphatic heterocycles. The van der Waals surface area contributed by atoms with Crippen molar-refractivity contribution in [3.8, 4) is 11.5 Å². The van der Waals surface area contributed by atoms with Gasteiger partial charge < -0.3 is 24.4 Å². The quantitative estimate of drug-likeness (QED) is 0.345. The standard InChI is InChI=1S/C21H35N3O3/c1-5-22-21(24(2)13-14-27-16-18-8-9-18)23-12-6-7-17-10-11-19(25-3)20(15-17)26-4/h10-11,15,18H,5-9,12-14,16H2,1-4H3,(H,22,23). The Morgan fingerprint density at radius 3 is 2.67 bits per heavy atom. The van der Waals surface area contributed by atoms with Gasteiger partial charge in [0.25, 0.3) is 0 Å². The van der Waals surface area contributed by atoms with Crippen LogP contribution in [0.15, 0.2) is 23.2 Å². The molecule has 1 fully saturated rings. The lowest BCUT2D eigenvalue weighted by Crippen LogP contribution is -2.40. The van der Waals surface area contributed by atoms with Gasteiger partial charge >= 0.3 is 0 Å². The van der Waals surface area contributed by atoms with Crippen molar-refractivity contribution in [2.45, 2.75) is 32.6 Å². The number of rotatable bonds is 12. The molecule has 0 saturated heterocycles. The van der Waals surface area contributed by atoms with Crippen molar-refractivity contribution >= 4 is 5.96 Å². The lowest BCUT2D eigenvalue weighted by atomic mass is 10.1.